The number of benzene rings is 1. The van der Waals surface area contributed by atoms with Crippen LogP contribution in [-0.4, -0.2) is 19.8 Å². The Bertz CT molecular complexity index is 455. The predicted octanol–water partition coefficient (Wildman–Crippen LogP) is 3.31. The second kappa shape index (κ2) is 7.70. The van der Waals surface area contributed by atoms with E-state index in [0.717, 1.165) is 0 Å². The lowest BCUT2D eigenvalue weighted by Crippen LogP contribution is -2.10. The third-order valence-electron chi connectivity index (χ3n) is 2.43. The molecule has 1 N–H and O–H groups in total. The number of nitriles is 1. The van der Waals surface area contributed by atoms with Gasteiger partial charge in [-0.25, -0.2) is 8.78 Å². The summed E-state index contributed by atoms with van der Waals surface area (Å²) in [5.41, 5.74) is -0.219. The van der Waals surface area contributed by atoms with Crippen LogP contribution in [-0.2, 0) is 4.74 Å². The smallest absolute Gasteiger partial charge is 0.183 e. The van der Waals surface area contributed by atoms with Crippen molar-refractivity contribution in [1.29, 1.82) is 5.26 Å². The summed E-state index contributed by atoms with van der Waals surface area (Å²) in [5.74, 6) is -1.64. The van der Waals surface area contributed by atoms with E-state index in [0.29, 0.717) is 32.1 Å². The SMILES string of the molecule is CC(C)COCCCNc1ccc(C#N)c(F)c1F. The summed E-state index contributed by atoms with van der Waals surface area (Å²) < 4.78 is 32.2. The van der Waals surface area contributed by atoms with Gasteiger partial charge in [0.05, 0.1) is 11.3 Å². The highest BCUT2D eigenvalue weighted by Gasteiger charge is 2.12. The van der Waals surface area contributed by atoms with E-state index in [9.17, 15) is 8.78 Å². The van der Waals surface area contributed by atoms with Gasteiger partial charge < -0.3 is 10.1 Å². The van der Waals surface area contributed by atoms with Crippen molar-refractivity contribution in [3.05, 3.63) is 29.3 Å². The Morgan fingerprint density at radius 2 is 2.05 bits per heavy atom. The van der Waals surface area contributed by atoms with Gasteiger partial charge in [0, 0.05) is 19.8 Å². The molecule has 19 heavy (non-hydrogen) atoms. The van der Waals surface area contributed by atoms with Gasteiger partial charge in [-0.1, -0.05) is 13.8 Å². The molecule has 0 aliphatic heterocycles. The van der Waals surface area contributed by atoms with Crippen molar-refractivity contribution in [2.75, 3.05) is 25.1 Å². The number of hydrogen-bond acceptors (Lipinski definition) is 3. The normalized spacial score (nSPS) is 10.5. The van der Waals surface area contributed by atoms with Crippen LogP contribution in [0.15, 0.2) is 12.1 Å². The fourth-order valence-corrected chi connectivity index (χ4v) is 1.49. The second-order valence-electron chi connectivity index (χ2n) is 4.65. The Labute approximate surface area is 112 Å². The van der Waals surface area contributed by atoms with Crippen LogP contribution in [0.25, 0.3) is 0 Å². The van der Waals surface area contributed by atoms with Gasteiger partial charge >= 0.3 is 0 Å². The summed E-state index contributed by atoms with van der Waals surface area (Å²) in [7, 11) is 0. The average Bonchev–Trinajstić information content (AvgIpc) is 2.38. The molecule has 0 aromatic heterocycles. The van der Waals surface area contributed by atoms with Crippen molar-refractivity contribution < 1.29 is 13.5 Å². The van der Waals surface area contributed by atoms with Crippen LogP contribution in [0.5, 0.6) is 0 Å². The number of anilines is 1. The number of halogens is 2. The van der Waals surface area contributed by atoms with E-state index in [1.807, 2.05) is 0 Å². The molecular weight excluding hydrogens is 250 g/mol. The topological polar surface area (TPSA) is 45.0 Å². The summed E-state index contributed by atoms with van der Waals surface area (Å²) in [6.07, 6.45) is 0.702. The van der Waals surface area contributed by atoms with Crippen LogP contribution in [0.4, 0.5) is 14.5 Å². The molecule has 0 bridgehead atoms. The molecule has 0 atom stereocenters. The molecule has 0 saturated carbocycles. The predicted molar refractivity (Wildman–Crippen MR) is 69.8 cm³/mol. The molecule has 104 valence electrons. The number of ether oxygens (including phenoxy) is 1. The van der Waals surface area contributed by atoms with Gasteiger partial charge in [-0.05, 0) is 24.5 Å². The highest BCUT2D eigenvalue weighted by atomic mass is 19.2. The lowest BCUT2D eigenvalue weighted by molar-refractivity contribution is 0.110. The van der Waals surface area contributed by atoms with Crippen LogP contribution in [0.3, 0.4) is 0 Å². The molecule has 0 radical (unpaired) electrons. The van der Waals surface area contributed by atoms with Crippen LogP contribution >= 0.6 is 0 Å². The number of hydrogen-bond donors (Lipinski definition) is 1. The van der Waals surface area contributed by atoms with E-state index in [2.05, 4.69) is 19.2 Å². The monoisotopic (exact) mass is 268 g/mol. The summed E-state index contributed by atoms with van der Waals surface area (Å²) in [5, 5.41) is 11.3. The van der Waals surface area contributed by atoms with Crippen molar-refractivity contribution >= 4 is 5.69 Å². The third kappa shape index (κ3) is 4.84. The molecule has 0 spiro atoms. The van der Waals surface area contributed by atoms with Gasteiger partial charge in [-0.15, -0.1) is 0 Å². The average molecular weight is 268 g/mol. The summed E-state index contributed by atoms with van der Waals surface area (Å²) in [6.45, 7) is 5.88. The fraction of sp³-hybridized carbons (Fsp3) is 0.500. The van der Waals surface area contributed by atoms with E-state index in [-0.39, 0.29) is 11.3 Å². The Kier molecular flexibility index (Phi) is 6.23. The van der Waals surface area contributed by atoms with Crippen LogP contribution in [0.2, 0.25) is 0 Å². The minimum atomic E-state index is -1.11. The maximum absolute atomic E-state index is 13.5. The van der Waals surface area contributed by atoms with Gasteiger partial charge in [0.1, 0.15) is 6.07 Å². The van der Waals surface area contributed by atoms with Crippen LogP contribution < -0.4 is 5.32 Å². The van der Waals surface area contributed by atoms with E-state index in [1.165, 1.54) is 12.1 Å². The molecule has 1 aromatic carbocycles. The standard InChI is InChI=1S/C14H18F2N2O/c1-10(2)9-19-7-3-6-18-12-5-4-11(8-17)13(15)14(12)16/h4-5,10,18H,3,6-7,9H2,1-2H3. The molecule has 0 unspecified atom stereocenters. The van der Waals surface area contributed by atoms with Gasteiger partial charge in [0.25, 0.3) is 0 Å². The molecule has 0 amide bonds. The van der Waals surface area contributed by atoms with Gasteiger partial charge in [-0.3, -0.25) is 0 Å². The van der Waals surface area contributed by atoms with Crippen molar-refractivity contribution in [3.8, 4) is 6.07 Å². The van der Waals surface area contributed by atoms with E-state index in [4.69, 9.17) is 10.00 Å². The van der Waals surface area contributed by atoms with Gasteiger partial charge in [0.15, 0.2) is 11.6 Å². The van der Waals surface area contributed by atoms with Crippen LogP contribution in [0.1, 0.15) is 25.8 Å². The van der Waals surface area contributed by atoms with E-state index < -0.39 is 11.6 Å². The minimum absolute atomic E-state index is 0.0698. The second-order valence-corrected chi connectivity index (χ2v) is 4.65. The first-order valence-corrected chi connectivity index (χ1v) is 6.26. The summed E-state index contributed by atoms with van der Waals surface area (Å²) >= 11 is 0. The fourth-order valence-electron chi connectivity index (χ4n) is 1.49. The molecule has 5 heteroatoms. The van der Waals surface area contributed by atoms with Crippen molar-refractivity contribution in [1.82, 2.24) is 0 Å². The van der Waals surface area contributed by atoms with Crippen molar-refractivity contribution in [2.24, 2.45) is 5.92 Å². The van der Waals surface area contributed by atoms with E-state index >= 15 is 0 Å². The first kappa shape index (κ1) is 15.4. The zero-order chi connectivity index (χ0) is 14.3. The molecule has 0 fully saturated rings. The largest absolute Gasteiger partial charge is 0.383 e. The number of rotatable bonds is 7. The highest BCUT2D eigenvalue weighted by Crippen LogP contribution is 2.19. The highest BCUT2D eigenvalue weighted by molar-refractivity contribution is 5.49. The lowest BCUT2D eigenvalue weighted by Gasteiger charge is -2.09. The van der Waals surface area contributed by atoms with Gasteiger partial charge in [0.2, 0.25) is 0 Å². The first-order valence-electron chi connectivity index (χ1n) is 6.26. The Morgan fingerprint density at radius 3 is 2.68 bits per heavy atom. The van der Waals surface area contributed by atoms with E-state index in [1.54, 1.807) is 6.07 Å². The summed E-state index contributed by atoms with van der Waals surface area (Å²) in [6, 6.07) is 4.22. The lowest BCUT2D eigenvalue weighted by atomic mass is 10.2. The number of nitrogens with one attached hydrogen (secondary N) is 1. The molecule has 1 rings (SSSR count). The minimum Gasteiger partial charge on any atom is -0.383 e. The zero-order valence-electron chi connectivity index (χ0n) is 11.2. The van der Waals surface area contributed by atoms with Gasteiger partial charge in [-0.2, -0.15) is 5.26 Å². The van der Waals surface area contributed by atoms with Crippen molar-refractivity contribution in [3.63, 3.8) is 0 Å². The molecule has 0 saturated heterocycles. The third-order valence-corrected chi connectivity index (χ3v) is 2.43. The van der Waals surface area contributed by atoms with Crippen LogP contribution in [0, 0.1) is 28.9 Å². The molecule has 0 heterocycles. The maximum Gasteiger partial charge on any atom is 0.183 e. The number of nitrogens with zero attached hydrogens (tertiary/aromatic N) is 1. The molecule has 3 nitrogen and oxygen atoms in total. The quantitative estimate of drug-likeness (QED) is 0.772. The molecule has 1 aromatic rings. The molecule has 0 aliphatic rings. The maximum atomic E-state index is 13.5. The zero-order valence-corrected chi connectivity index (χ0v) is 11.2. The summed E-state index contributed by atoms with van der Waals surface area (Å²) in [4.78, 5) is 0. The molecular formula is C14H18F2N2O. The Balaban J connectivity index is 2.38. The Hall–Kier alpha value is -1.67. The molecule has 0 aliphatic carbocycles. The first-order chi connectivity index (χ1) is 9.06. The van der Waals surface area contributed by atoms with Crippen molar-refractivity contribution in [2.45, 2.75) is 20.3 Å². The Morgan fingerprint density at radius 1 is 1.32 bits per heavy atom.